The van der Waals surface area contributed by atoms with Crippen molar-refractivity contribution in [3.05, 3.63) is 24.3 Å². The first-order valence-electron chi connectivity index (χ1n) is 9.54. The Morgan fingerprint density at radius 3 is 2.42 bits per heavy atom. The molecule has 0 spiro atoms. The molecular weight excluding hydrogens is 330 g/mol. The maximum Gasteiger partial charge on any atom is 0.260 e. The molecule has 1 saturated carbocycles. The molecule has 1 aliphatic heterocycles. The van der Waals surface area contributed by atoms with Crippen LogP contribution < -0.4 is 15.2 Å². The highest BCUT2D eigenvalue weighted by molar-refractivity contribution is 6.06. The van der Waals surface area contributed by atoms with Crippen LogP contribution in [-0.4, -0.2) is 42.6 Å². The van der Waals surface area contributed by atoms with Crippen molar-refractivity contribution in [3.63, 3.8) is 0 Å². The molecule has 0 radical (unpaired) electrons. The van der Waals surface area contributed by atoms with Gasteiger partial charge in [-0.25, -0.2) is 4.99 Å². The fourth-order valence-corrected chi connectivity index (χ4v) is 3.95. The normalized spacial score (nSPS) is 23.8. The zero-order chi connectivity index (χ0) is 18.6. The van der Waals surface area contributed by atoms with Crippen molar-refractivity contribution in [3.8, 4) is 11.5 Å². The summed E-state index contributed by atoms with van der Waals surface area (Å²) in [6.07, 6.45) is 6.69. The van der Waals surface area contributed by atoms with Crippen LogP contribution in [0, 0.1) is 5.92 Å². The summed E-state index contributed by atoms with van der Waals surface area (Å²) in [6, 6.07) is 7.52. The number of para-hydroxylation sites is 2. The smallest absolute Gasteiger partial charge is 0.260 e. The van der Waals surface area contributed by atoms with Gasteiger partial charge in [0.2, 0.25) is 0 Å². The number of likely N-dealkylation sites (N-methyl/N-ethyl adjacent to an activating group) is 1. The van der Waals surface area contributed by atoms with Crippen molar-refractivity contribution in [2.75, 3.05) is 20.3 Å². The predicted octanol–water partition coefficient (Wildman–Crippen LogP) is 2.96. The molecule has 1 aromatic carbocycles. The summed E-state index contributed by atoms with van der Waals surface area (Å²) in [5, 5.41) is 0. The van der Waals surface area contributed by atoms with Gasteiger partial charge in [0.05, 0.1) is 6.61 Å². The van der Waals surface area contributed by atoms with E-state index in [1.807, 2.05) is 31.2 Å². The average molecular weight is 359 g/mol. The maximum atomic E-state index is 13.0. The first-order chi connectivity index (χ1) is 12.6. The van der Waals surface area contributed by atoms with Gasteiger partial charge in [-0.1, -0.05) is 44.2 Å². The van der Waals surface area contributed by atoms with E-state index >= 15 is 0 Å². The highest BCUT2D eigenvalue weighted by atomic mass is 16.5. The van der Waals surface area contributed by atoms with Crippen LogP contribution in [0.2, 0.25) is 0 Å². The van der Waals surface area contributed by atoms with Gasteiger partial charge in [0.25, 0.3) is 5.91 Å². The Bertz CT molecular complexity index is 670. The lowest BCUT2D eigenvalue weighted by atomic mass is 9.79. The Hall–Kier alpha value is -2.24. The second-order valence-electron chi connectivity index (χ2n) is 7.24. The topological polar surface area (TPSA) is 77.2 Å². The standard InChI is InChI=1S/C20H29N3O3/c1-3-25-16-11-7-8-12-17(16)26-14-20(13-15-9-5-4-6-10-15)18(24)23(2)19(21)22-20/h7-8,11-12,15H,3-6,9-10,13-14H2,1-2H3,(H2,21,22). The van der Waals surface area contributed by atoms with Crippen LogP contribution in [0.3, 0.4) is 0 Å². The van der Waals surface area contributed by atoms with Gasteiger partial charge in [0.1, 0.15) is 6.61 Å². The van der Waals surface area contributed by atoms with Crippen molar-refractivity contribution in [1.82, 2.24) is 4.90 Å². The number of hydrogen-bond donors (Lipinski definition) is 1. The minimum absolute atomic E-state index is 0.0746. The predicted molar refractivity (Wildman–Crippen MR) is 101 cm³/mol. The third-order valence-corrected chi connectivity index (χ3v) is 5.34. The van der Waals surface area contributed by atoms with Crippen LogP contribution in [0.4, 0.5) is 0 Å². The molecule has 6 nitrogen and oxygen atoms in total. The number of carbonyl (C=O) groups excluding carboxylic acids is 1. The lowest BCUT2D eigenvalue weighted by Crippen LogP contribution is -2.47. The van der Waals surface area contributed by atoms with Crippen molar-refractivity contribution in [2.45, 2.75) is 51.0 Å². The van der Waals surface area contributed by atoms with E-state index < -0.39 is 5.54 Å². The summed E-state index contributed by atoms with van der Waals surface area (Å²) >= 11 is 0. The minimum Gasteiger partial charge on any atom is -0.490 e. The molecular formula is C20H29N3O3. The Kier molecular flexibility index (Phi) is 5.69. The van der Waals surface area contributed by atoms with Crippen molar-refractivity contribution in [1.29, 1.82) is 0 Å². The Labute approximate surface area is 155 Å². The molecule has 1 heterocycles. The number of amides is 1. The number of guanidine groups is 1. The number of nitrogens with zero attached hydrogens (tertiary/aromatic N) is 2. The third kappa shape index (κ3) is 3.79. The fraction of sp³-hybridized carbons (Fsp3) is 0.600. The van der Waals surface area contributed by atoms with Crippen LogP contribution in [0.25, 0.3) is 0 Å². The van der Waals surface area contributed by atoms with Crippen LogP contribution in [0.5, 0.6) is 11.5 Å². The van der Waals surface area contributed by atoms with Crippen molar-refractivity contribution < 1.29 is 14.3 Å². The monoisotopic (exact) mass is 359 g/mol. The summed E-state index contributed by atoms with van der Waals surface area (Å²) in [6.45, 7) is 2.67. The van der Waals surface area contributed by atoms with Crippen molar-refractivity contribution >= 4 is 11.9 Å². The van der Waals surface area contributed by atoms with Gasteiger partial charge in [-0.15, -0.1) is 0 Å². The SMILES string of the molecule is CCOc1ccccc1OCC1(CC2CCCCC2)N=C(N)N(C)C1=O. The number of carbonyl (C=O) groups is 1. The van der Waals surface area contributed by atoms with E-state index in [9.17, 15) is 4.79 Å². The summed E-state index contributed by atoms with van der Waals surface area (Å²) in [5.41, 5.74) is 5.04. The van der Waals surface area contributed by atoms with E-state index in [4.69, 9.17) is 15.2 Å². The lowest BCUT2D eigenvalue weighted by Gasteiger charge is -2.31. The molecule has 3 rings (SSSR count). The van der Waals surface area contributed by atoms with E-state index in [0.717, 1.165) is 12.8 Å². The van der Waals surface area contributed by atoms with Crippen LogP contribution in [0.15, 0.2) is 29.3 Å². The largest absolute Gasteiger partial charge is 0.490 e. The molecule has 2 aliphatic rings. The molecule has 0 saturated heterocycles. The van der Waals surface area contributed by atoms with E-state index in [1.54, 1.807) is 7.05 Å². The van der Waals surface area contributed by atoms with E-state index in [1.165, 1.54) is 24.2 Å². The van der Waals surface area contributed by atoms with Crippen LogP contribution in [-0.2, 0) is 4.79 Å². The third-order valence-electron chi connectivity index (χ3n) is 5.34. The minimum atomic E-state index is -0.930. The average Bonchev–Trinajstić information content (AvgIpc) is 2.86. The molecule has 0 bridgehead atoms. The summed E-state index contributed by atoms with van der Waals surface area (Å²) in [5.74, 6) is 2.00. The molecule has 0 aromatic heterocycles. The quantitative estimate of drug-likeness (QED) is 0.812. The van der Waals surface area contributed by atoms with Gasteiger partial charge in [-0.3, -0.25) is 9.69 Å². The van der Waals surface area contributed by atoms with Crippen LogP contribution in [0.1, 0.15) is 45.4 Å². The molecule has 1 aliphatic carbocycles. The fourth-order valence-electron chi connectivity index (χ4n) is 3.95. The highest BCUT2D eigenvalue weighted by Crippen LogP contribution is 2.37. The highest BCUT2D eigenvalue weighted by Gasteiger charge is 2.48. The Balaban J connectivity index is 1.80. The number of ether oxygens (including phenoxy) is 2. The summed E-state index contributed by atoms with van der Waals surface area (Å²) in [7, 11) is 1.68. The second kappa shape index (κ2) is 7.98. The van der Waals surface area contributed by atoms with Gasteiger partial charge in [0, 0.05) is 7.05 Å². The maximum absolute atomic E-state index is 13.0. The Morgan fingerprint density at radius 1 is 1.19 bits per heavy atom. The van der Waals surface area contributed by atoms with Gasteiger partial charge < -0.3 is 15.2 Å². The van der Waals surface area contributed by atoms with Gasteiger partial charge >= 0.3 is 0 Å². The van der Waals surface area contributed by atoms with Gasteiger partial charge in [-0.05, 0) is 31.4 Å². The first kappa shape index (κ1) is 18.5. The molecule has 1 unspecified atom stereocenters. The van der Waals surface area contributed by atoms with Gasteiger partial charge in [0.15, 0.2) is 23.0 Å². The molecule has 1 amide bonds. The van der Waals surface area contributed by atoms with E-state index in [-0.39, 0.29) is 18.5 Å². The number of benzene rings is 1. The molecule has 6 heteroatoms. The molecule has 142 valence electrons. The number of rotatable bonds is 7. The first-order valence-corrected chi connectivity index (χ1v) is 9.54. The van der Waals surface area contributed by atoms with E-state index in [2.05, 4.69) is 4.99 Å². The second-order valence-corrected chi connectivity index (χ2v) is 7.24. The molecule has 1 fully saturated rings. The van der Waals surface area contributed by atoms with Crippen LogP contribution >= 0.6 is 0 Å². The number of nitrogens with two attached hydrogens (primary N) is 1. The number of aliphatic imine (C=N–C) groups is 1. The molecule has 26 heavy (non-hydrogen) atoms. The molecule has 1 atom stereocenters. The van der Waals surface area contributed by atoms with E-state index in [0.29, 0.717) is 30.4 Å². The zero-order valence-corrected chi connectivity index (χ0v) is 15.7. The number of hydrogen-bond acceptors (Lipinski definition) is 5. The zero-order valence-electron chi connectivity index (χ0n) is 15.7. The molecule has 2 N–H and O–H groups in total. The molecule has 1 aromatic rings. The lowest BCUT2D eigenvalue weighted by molar-refractivity contribution is -0.132. The van der Waals surface area contributed by atoms with Gasteiger partial charge in [-0.2, -0.15) is 0 Å². The van der Waals surface area contributed by atoms with Crippen molar-refractivity contribution in [2.24, 2.45) is 16.6 Å². The Morgan fingerprint density at radius 2 is 1.85 bits per heavy atom. The summed E-state index contributed by atoms with van der Waals surface area (Å²) < 4.78 is 11.7. The summed E-state index contributed by atoms with van der Waals surface area (Å²) in [4.78, 5) is 19.0.